The van der Waals surface area contributed by atoms with Gasteiger partial charge in [0.15, 0.2) is 0 Å². The number of anilines is 1. The summed E-state index contributed by atoms with van der Waals surface area (Å²) in [6, 6.07) is 21.7. The number of piperazine rings is 1. The maximum absolute atomic E-state index is 4.87. The third-order valence-corrected chi connectivity index (χ3v) is 12.5. The van der Waals surface area contributed by atoms with E-state index in [1.165, 1.54) is 9.27 Å². The van der Waals surface area contributed by atoms with Crippen LogP contribution in [0.4, 0.5) is 5.69 Å². The molecule has 3 heterocycles. The fourth-order valence-corrected chi connectivity index (χ4v) is 8.06. The first kappa shape index (κ1) is 21.7. The molecule has 1 saturated heterocycles. The minimum absolute atomic E-state index is 0.884. The summed E-state index contributed by atoms with van der Waals surface area (Å²) in [7, 11) is 0. The van der Waals surface area contributed by atoms with Crippen LogP contribution in [0.3, 0.4) is 0 Å². The predicted molar refractivity (Wildman–Crippen MR) is 145 cm³/mol. The number of hydrogen-bond acceptors (Lipinski definition) is 4. The molecule has 3 aromatic carbocycles. The van der Waals surface area contributed by atoms with Crippen LogP contribution < -0.4 is 13.8 Å². The van der Waals surface area contributed by atoms with E-state index in [4.69, 9.17) is 9.97 Å². The van der Waals surface area contributed by atoms with Crippen molar-refractivity contribution in [1.82, 2.24) is 25.3 Å². The van der Waals surface area contributed by atoms with Crippen LogP contribution in [-0.2, 0) is 0 Å². The van der Waals surface area contributed by atoms with Crippen LogP contribution in [0.15, 0.2) is 60.7 Å². The number of benzene rings is 3. The second-order valence-electron chi connectivity index (χ2n) is 10.2. The van der Waals surface area contributed by atoms with Gasteiger partial charge in [-0.05, 0) is 6.07 Å². The molecule has 3 N–H and O–H groups in total. The van der Waals surface area contributed by atoms with E-state index in [1.807, 2.05) is 0 Å². The molecule has 5 aromatic rings. The van der Waals surface area contributed by atoms with E-state index in [0.29, 0.717) is 0 Å². The third-order valence-electron chi connectivity index (χ3n) is 6.70. The number of H-pyrrole nitrogens is 2. The van der Waals surface area contributed by atoms with Gasteiger partial charge in [-0.15, -0.1) is 0 Å². The van der Waals surface area contributed by atoms with Gasteiger partial charge in [0.05, 0.1) is 0 Å². The number of hydrogen-bond donors (Lipinski definition) is 3. The van der Waals surface area contributed by atoms with Gasteiger partial charge in [0.2, 0.25) is 0 Å². The average Bonchev–Trinajstić information content (AvgIpc) is 3.47. The van der Waals surface area contributed by atoms with E-state index in [-0.39, 0.29) is 0 Å². The summed E-state index contributed by atoms with van der Waals surface area (Å²) in [5.41, 5.74) is 7.53. The Hall–Kier alpha value is -2.84. The topological polar surface area (TPSA) is 72.6 Å². The Morgan fingerprint density at radius 2 is 1.38 bits per heavy atom. The van der Waals surface area contributed by atoms with E-state index in [0.717, 1.165) is 71.0 Å². The first-order valence-electron chi connectivity index (χ1n) is 12.0. The molecule has 0 spiro atoms. The van der Waals surface area contributed by atoms with Gasteiger partial charge in [0.25, 0.3) is 0 Å². The quantitative estimate of drug-likeness (QED) is 0.280. The van der Waals surface area contributed by atoms with E-state index in [9.17, 15) is 0 Å². The van der Waals surface area contributed by atoms with Gasteiger partial charge in [-0.1, -0.05) is 0 Å². The molecule has 0 bridgehead atoms. The van der Waals surface area contributed by atoms with Crippen LogP contribution in [0.5, 0.6) is 0 Å². The van der Waals surface area contributed by atoms with Gasteiger partial charge >= 0.3 is 156 Å². The van der Waals surface area contributed by atoms with Gasteiger partial charge in [-0.2, -0.15) is 0 Å². The Balaban J connectivity index is 1.33. The van der Waals surface area contributed by atoms with Crippen molar-refractivity contribution in [3.63, 3.8) is 0 Å². The summed E-state index contributed by atoms with van der Waals surface area (Å²) in [5.74, 6) is 1.81. The molecule has 1 fully saturated rings. The third kappa shape index (κ3) is 4.09. The van der Waals surface area contributed by atoms with Crippen molar-refractivity contribution < 1.29 is 0 Å². The van der Waals surface area contributed by atoms with Crippen LogP contribution >= 0.6 is 0 Å². The van der Waals surface area contributed by atoms with Crippen molar-refractivity contribution in [3.05, 3.63) is 60.7 Å². The summed E-state index contributed by atoms with van der Waals surface area (Å²) >= 11 is -2.14. The number of fused-ring (bicyclic) bond motifs is 2. The van der Waals surface area contributed by atoms with Crippen LogP contribution in [0.25, 0.3) is 44.8 Å². The van der Waals surface area contributed by atoms with E-state index in [1.54, 1.807) is 0 Å². The Morgan fingerprint density at radius 1 is 0.735 bits per heavy atom. The maximum atomic E-state index is 4.87. The van der Waals surface area contributed by atoms with Gasteiger partial charge in [-0.25, -0.2) is 0 Å². The van der Waals surface area contributed by atoms with Crippen LogP contribution in [-0.4, -0.2) is 64.5 Å². The summed E-state index contributed by atoms with van der Waals surface area (Å²) in [4.78, 5) is 26.6. The molecule has 34 heavy (non-hydrogen) atoms. The first-order valence-corrected chi connectivity index (χ1v) is 22.0. The summed E-state index contributed by atoms with van der Waals surface area (Å²) < 4.78 is 1.51. The number of imidazole rings is 2. The second kappa shape index (κ2) is 8.43. The number of aromatic amines is 2. The summed E-state index contributed by atoms with van der Waals surface area (Å²) in [6.07, 6.45) is 0. The monoisotopic (exact) mass is 558 g/mol. The Labute approximate surface area is 203 Å². The minimum atomic E-state index is -2.14. The molecule has 0 unspecified atom stereocenters. The standard InChI is InChI=1S/C24H21N6.3CH3.Sn/c1-2-4-16(5-3-1)23-26-19-8-6-17(14-21(19)28-23)24-27-20-9-7-18(15-22(20)29-24)30-12-10-25-11-13-30;;;;/h1-2,4-9,14-15,25H,10-13H2,(H,26,28)(H,27,29);3*1H3;. The number of rotatable bonds is 4. The van der Waals surface area contributed by atoms with Crippen molar-refractivity contribution >= 4 is 49.7 Å². The number of nitrogens with one attached hydrogen (secondary N) is 3. The average molecular weight is 557 g/mol. The Bertz CT molecular complexity index is 1490. The fourth-order valence-electron chi connectivity index (χ4n) is 4.68. The molecule has 2 aromatic heterocycles. The SMILES string of the molecule is [CH3][Sn]([CH3])([CH3])[c]1cccc(-c2nc3ccc(-c4nc5ccc(N6CCNCC6)cc5[nH]4)cc3[nH]2)c1. The van der Waals surface area contributed by atoms with Crippen molar-refractivity contribution in [3.8, 4) is 22.8 Å². The molecule has 0 amide bonds. The van der Waals surface area contributed by atoms with Gasteiger partial charge in [0, 0.05) is 31.9 Å². The summed E-state index contributed by atoms with van der Waals surface area (Å²) in [6.45, 7) is 4.13. The normalized spacial score (nSPS) is 14.9. The molecule has 6 nitrogen and oxygen atoms in total. The Kier molecular flexibility index (Phi) is 5.37. The molecule has 0 radical (unpaired) electrons. The van der Waals surface area contributed by atoms with Gasteiger partial charge in [0.1, 0.15) is 0 Å². The van der Waals surface area contributed by atoms with Crippen molar-refractivity contribution in [2.24, 2.45) is 0 Å². The van der Waals surface area contributed by atoms with Crippen molar-refractivity contribution in [2.75, 3.05) is 31.1 Å². The first-order chi connectivity index (χ1) is 16.4. The molecule has 6 rings (SSSR count). The van der Waals surface area contributed by atoms with Gasteiger partial charge in [-0.3, -0.25) is 0 Å². The van der Waals surface area contributed by atoms with E-state index < -0.39 is 18.4 Å². The zero-order chi connectivity index (χ0) is 23.3. The molecule has 7 heteroatoms. The van der Waals surface area contributed by atoms with Crippen molar-refractivity contribution in [2.45, 2.75) is 14.8 Å². The molecule has 0 saturated carbocycles. The van der Waals surface area contributed by atoms with Crippen molar-refractivity contribution in [1.29, 1.82) is 0 Å². The van der Waals surface area contributed by atoms with E-state index >= 15 is 0 Å². The van der Waals surface area contributed by atoms with Crippen LogP contribution in [0.2, 0.25) is 14.8 Å². The molecule has 1 aliphatic heterocycles. The molecular formula is C27H30N6Sn. The van der Waals surface area contributed by atoms with Crippen LogP contribution in [0.1, 0.15) is 0 Å². The molecule has 1 aliphatic rings. The number of aromatic nitrogens is 4. The fraction of sp³-hybridized carbons (Fsp3) is 0.259. The van der Waals surface area contributed by atoms with E-state index in [2.05, 4.69) is 95.7 Å². The summed E-state index contributed by atoms with van der Waals surface area (Å²) in [5, 5.41) is 3.42. The van der Waals surface area contributed by atoms with Crippen LogP contribution in [0, 0.1) is 0 Å². The molecule has 172 valence electrons. The Morgan fingerprint density at radius 3 is 2.09 bits per heavy atom. The molecule has 0 aliphatic carbocycles. The van der Waals surface area contributed by atoms with Gasteiger partial charge < -0.3 is 10.2 Å². The molecular weight excluding hydrogens is 527 g/mol. The zero-order valence-corrected chi connectivity index (χ0v) is 22.8. The molecule has 0 atom stereocenters. The second-order valence-corrected chi connectivity index (χ2v) is 24.7. The predicted octanol–water partition coefficient (Wildman–Crippen LogP) is 4.73. The number of nitrogens with zero attached hydrogens (tertiary/aromatic N) is 3. The zero-order valence-electron chi connectivity index (χ0n) is 19.9.